The van der Waals surface area contributed by atoms with E-state index in [1.54, 1.807) is 25.3 Å². The summed E-state index contributed by atoms with van der Waals surface area (Å²) in [5, 5.41) is 0. The maximum atomic E-state index is 13.4. The molecule has 2 fully saturated rings. The van der Waals surface area contributed by atoms with E-state index in [4.69, 9.17) is 14.5 Å². The monoisotopic (exact) mass is 501 g/mol. The number of fused-ring (bicyclic) bond motifs is 2. The van der Waals surface area contributed by atoms with Crippen molar-refractivity contribution in [2.45, 2.75) is 51.2 Å². The first-order chi connectivity index (χ1) is 17.2. The molecule has 1 saturated carbocycles. The van der Waals surface area contributed by atoms with Crippen molar-refractivity contribution < 1.29 is 27.4 Å². The molecular weight excluding hydrogens is 471 g/mol. The second kappa shape index (κ2) is 9.67. The molecule has 0 aromatic heterocycles. The number of amidine groups is 1. The van der Waals surface area contributed by atoms with Crippen molar-refractivity contribution in [3.63, 3.8) is 0 Å². The van der Waals surface area contributed by atoms with Crippen LogP contribution in [0.2, 0.25) is 0 Å². The van der Waals surface area contributed by atoms with Crippen LogP contribution in [-0.2, 0) is 11.0 Å². The van der Waals surface area contributed by atoms with Crippen LogP contribution in [0, 0.1) is 5.92 Å². The Labute approximate surface area is 208 Å². The number of rotatable bonds is 2. The number of hydrogen-bond acceptors (Lipinski definition) is 5. The third kappa shape index (κ3) is 4.75. The second-order valence-electron chi connectivity index (χ2n) is 9.74. The third-order valence-corrected chi connectivity index (χ3v) is 7.32. The number of alkyl halides is 3. The number of benzene rings is 2. The Morgan fingerprint density at radius 1 is 1.06 bits per heavy atom. The van der Waals surface area contributed by atoms with Gasteiger partial charge in [-0.2, -0.15) is 13.2 Å². The van der Waals surface area contributed by atoms with Gasteiger partial charge in [-0.25, -0.2) is 4.99 Å². The summed E-state index contributed by atoms with van der Waals surface area (Å²) in [6, 6.07) is 8.54. The Morgan fingerprint density at radius 3 is 2.50 bits per heavy atom. The average Bonchev–Trinajstić information content (AvgIpc) is 3.04. The van der Waals surface area contributed by atoms with Crippen molar-refractivity contribution >= 4 is 17.4 Å². The molecule has 2 aromatic rings. The van der Waals surface area contributed by atoms with Crippen LogP contribution in [-0.4, -0.2) is 54.3 Å². The highest BCUT2D eigenvalue weighted by molar-refractivity contribution is 6.04. The molecule has 0 bridgehead atoms. The predicted molar refractivity (Wildman–Crippen MR) is 130 cm³/mol. The highest BCUT2D eigenvalue weighted by atomic mass is 19.4. The smallest absolute Gasteiger partial charge is 0.416 e. The van der Waals surface area contributed by atoms with Gasteiger partial charge in [-0.15, -0.1) is 0 Å². The molecule has 36 heavy (non-hydrogen) atoms. The van der Waals surface area contributed by atoms with Gasteiger partial charge in [-0.1, -0.05) is 19.3 Å². The summed E-state index contributed by atoms with van der Waals surface area (Å²) in [4.78, 5) is 21.9. The zero-order chi connectivity index (χ0) is 25.4. The van der Waals surface area contributed by atoms with Crippen molar-refractivity contribution in [2.24, 2.45) is 10.9 Å². The number of aliphatic imine (C=N–C) groups is 1. The minimum absolute atomic E-state index is 0.0601. The van der Waals surface area contributed by atoms with Crippen molar-refractivity contribution in [2.75, 3.05) is 26.7 Å². The Morgan fingerprint density at radius 2 is 1.81 bits per heavy atom. The summed E-state index contributed by atoms with van der Waals surface area (Å²) in [6.45, 7) is 3.59. The van der Waals surface area contributed by atoms with Gasteiger partial charge >= 0.3 is 6.18 Å². The van der Waals surface area contributed by atoms with Gasteiger partial charge in [0.1, 0.15) is 23.0 Å². The number of hydrogen-bond donors (Lipinski definition) is 0. The summed E-state index contributed by atoms with van der Waals surface area (Å²) in [5.74, 6) is 2.15. The number of piperazine rings is 1. The SMILES string of the molecule is COc1ccc2c(c1)C(N1CCN(C(=O)C3CCCCC3)[C@H](C)C1)=Nc1cc(C(F)(F)F)ccc1O2. The van der Waals surface area contributed by atoms with E-state index >= 15 is 0 Å². The molecular formula is C27H30F3N3O3. The molecule has 192 valence electrons. The highest BCUT2D eigenvalue weighted by Gasteiger charge is 2.36. The number of methoxy groups -OCH3 is 1. The van der Waals surface area contributed by atoms with E-state index < -0.39 is 11.7 Å². The van der Waals surface area contributed by atoms with E-state index in [9.17, 15) is 18.0 Å². The van der Waals surface area contributed by atoms with Crippen molar-refractivity contribution in [1.82, 2.24) is 9.80 Å². The van der Waals surface area contributed by atoms with E-state index in [2.05, 4.69) is 0 Å². The number of carbonyl (C=O) groups excluding carboxylic acids is 1. The molecule has 0 N–H and O–H groups in total. The molecule has 5 rings (SSSR count). The van der Waals surface area contributed by atoms with Crippen LogP contribution in [0.4, 0.5) is 18.9 Å². The van der Waals surface area contributed by atoms with Crippen molar-refractivity contribution in [3.8, 4) is 17.2 Å². The number of nitrogens with zero attached hydrogens (tertiary/aromatic N) is 3. The molecule has 0 unspecified atom stereocenters. The molecule has 2 heterocycles. The molecule has 0 radical (unpaired) electrons. The largest absolute Gasteiger partial charge is 0.497 e. The highest BCUT2D eigenvalue weighted by Crippen LogP contribution is 2.42. The number of carbonyl (C=O) groups is 1. The first kappa shape index (κ1) is 24.5. The lowest BCUT2D eigenvalue weighted by molar-refractivity contribution is -0.140. The van der Waals surface area contributed by atoms with Crippen molar-refractivity contribution in [3.05, 3.63) is 47.5 Å². The van der Waals surface area contributed by atoms with Crippen LogP contribution in [0.25, 0.3) is 0 Å². The number of halogens is 3. The van der Waals surface area contributed by atoms with Crippen LogP contribution < -0.4 is 9.47 Å². The number of ether oxygens (including phenoxy) is 2. The molecule has 1 saturated heterocycles. The van der Waals surface area contributed by atoms with Crippen LogP contribution in [0.5, 0.6) is 17.2 Å². The van der Waals surface area contributed by atoms with Gasteiger partial charge in [0.05, 0.1) is 18.2 Å². The van der Waals surface area contributed by atoms with Crippen molar-refractivity contribution in [1.29, 1.82) is 0 Å². The molecule has 0 spiro atoms. The Hall–Kier alpha value is -3.23. The normalized spacial score (nSPS) is 20.6. The summed E-state index contributed by atoms with van der Waals surface area (Å²) >= 11 is 0. The summed E-state index contributed by atoms with van der Waals surface area (Å²) in [5.41, 5.74) is -0.0329. The Kier molecular flexibility index (Phi) is 6.57. The van der Waals surface area contributed by atoms with E-state index in [0.29, 0.717) is 42.5 Å². The van der Waals surface area contributed by atoms with Crippen LogP contribution in [0.1, 0.15) is 50.2 Å². The zero-order valence-corrected chi connectivity index (χ0v) is 20.5. The predicted octanol–water partition coefficient (Wildman–Crippen LogP) is 6.01. The Bertz CT molecular complexity index is 1170. The summed E-state index contributed by atoms with van der Waals surface area (Å²) in [6.07, 6.45) is 0.781. The molecule has 2 aliphatic heterocycles. The molecule has 6 nitrogen and oxygen atoms in total. The topological polar surface area (TPSA) is 54.4 Å². The van der Waals surface area contributed by atoms with E-state index in [1.807, 2.05) is 16.7 Å². The fraction of sp³-hybridized carbons (Fsp3) is 0.481. The zero-order valence-electron chi connectivity index (χ0n) is 20.5. The molecule has 2 aromatic carbocycles. The summed E-state index contributed by atoms with van der Waals surface area (Å²) in [7, 11) is 1.55. The van der Waals surface area contributed by atoms with Gasteiger partial charge < -0.3 is 19.3 Å². The minimum Gasteiger partial charge on any atom is -0.497 e. The van der Waals surface area contributed by atoms with Gasteiger partial charge in [0, 0.05) is 31.6 Å². The minimum atomic E-state index is -4.49. The van der Waals surface area contributed by atoms with Gasteiger partial charge in [0.2, 0.25) is 5.91 Å². The maximum absolute atomic E-state index is 13.4. The molecule has 1 amide bonds. The van der Waals surface area contributed by atoms with Gasteiger partial charge in [-0.05, 0) is 56.2 Å². The fourth-order valence-electron chi connectivity index (χ4n) is 5.36. The lowest BCUT2D eigenvalue weighted by Gasteiger charge is -2.43. The lowest BCUT2D eigenvalue weighted by atomic mass is 9.87. The second-order valence-corrected chi connectivity index (χ2v) is 9.74. The molecule has 1 aliphatic carbocycles. The standard InChI is InChI=1S/C27H30F3N3O3/c1-17-16-32(12-13-33(17)26(34)18-6-4-3-5-7-18)25-21-15-20(35-2)9-11-23(21)36-24-10-8-19(27(28,29)30)14-22(24)31-25/h8-11,14-15,17-18H,3-7,12-13,16H2,1-2H3/t17-/m1/s1. The van der Waals surface area contributed by atoms with Gasteiger partial charge in [0.25, 0.3) is 0 Å². The summed E-state index contributed by atoms with van der Waals surface area (Å²) < 4.78 is 51.8. The first-order valence-corrected chi connectivity index (χ1v) is 12.5. The Balaban J connectivity index is 1.49. The quantitative estimate of drug-likeness (QED) is 0.506. The average molecular weight is 502 g/mol. The van der Waals surface area contributed by atoms with E-state index in [-0.39, 0.29) is 29.3 Å². The maximum Gasteiger partial charge on any atom is 0.416 e. The van der Waals surface area contributed by atoms with E-state index in [1.165, 1.54) is 12.5 Å². The molecule has 9 heteroatoms. The lowest BCUT2D eigenvalue weighted by Crippen LogP contribution is -2.56. The molecule has 1 atom stereocenters. The van der Waals surface area contributed by atoms with Crippen LogP contribution in [0.3, 0.4) is 0 Å². The number of amides is 1. The van der Waals surface area contributed by atoms with E-state index in [0.717, 1.165) is 37.8 Å². The molecule has 3 aliphatic rings. The third-order valence-electron chi connectivity index (χ3n) is 7.32. The first-order valence-electron chi connectivity index (χ1n) is 12.5. The van der Waals surface area contributed by atoms with Crippen LogP contribution >= 0.6 is 0 Å². The van der Waals surface area contributed by atoms with Crippen LogP contribution in [0.15, 0.2) is 41.4 Å². The van der Waals surface area contributed by atoms with Gasteiger partial charge in [-0.3, -0.25) is 4.79 Å². The van der Waals surface area contributed by atoms with Gasteiger partial charge in [0.15, 0.2) is 5.75 Å². The fourth-order valence-corrected chi connectivity index (χ4v) is 5.36.